The molecule has 0 spiro atoms. The lowest BCUT2D eigenvalue weighted by Gasteiger charge is -2.35. The van der Waals surface area contributed by atoms with E-state index in [0.717, 1.165) is 28.3 Å². The molecule has 0 amide bonds. The average Bonchev–Trinajstić information content (AvgIpc) is 3.84. The number of hydrogen-bond acceptors (Lipinski definition) is 1. The summed E-state index contributed by atoms with van der Waals surface area (Å²) < 4.78 is 2.44. The van der Waals surface area contributed by atoms with Gasteiger partial charge in [-0.2, -0.15) is 0 Å². The molecule has 1 aliphatic rings. The molecule has 286 valence electrons. The van der Waals surface area contributed by atoms with Crippen LogP contribution in [0, 0.1) is 0 Å². The molecular formula is C59H40N2. The van der Waals surface area contributed by atoms with Crippen LogP contribution in [0.1, 0.15) is 22.3 Å². The molecule has 1 heterocycles. The molecule has 12 rings (SSSR count). The van der Waals surface area contributed by atoms with Crippen LogP contribution in [0.15, 0.2) is 243 Å². The van der Waals surface area contributed by atoms with Crippen molar-refractivity contribution in [3.05, 3.63) is 265 Å². The van der Waals surface area contributed by atoms with Crippen LogP contribution >= 0.6 is 0 Å². The van der Waals surface area contributed by atoms with Crippen LogP contribution in [0.25, 0.3) is 60.5 Å². The third kappa shape index (κ3) is 5.36. The standard InChI is InChI=1S/C59H40N2/c1-4-20-42(21-5-1)48-27-13-16-31-54(48)61(57-34-18-33-56-58(57)51-29-14-17-32-55(51)60(56)46-36-35-41-19-10-11-22-43(41)39-46)47-37-38-50-49-28-12-15-30-52(49)59(53(50)40-47,44-23-6-2-7-24-44)45-25-8-3-9-26-45/h1-40H. The Hall–Kier alpha value is -7.94. The molecule has 0 aliphatic heterocycles. The third-order valence-corrected chi connectivity index (χ3v) is 12.8. The molecule has 1 aliphatic carbocycles. The maximum Gasteiger partial charge on any atom is 0.0714 e. The van der Waals surface area contributed by atoms with Gasteiger partial charge in [-0.3, -0.25) is 0 Å². The summed E-state index contributed by atoms with van der Waals surface area (Å²) in [7, 11) is 0. The molecule has 1 aromatic heterocycles. The van der Waals surface area contributed by atoms with E-state index in [4.69, 9.17) is 0 Å². The van der Waals surface area contributed by atoms with Crippen LogP contribution in [-0.4, -0.2) is 4.57 Å². The van der Waals surface area contributed by atoms with Crippen molar-refractivity contribution in [1.29, 1.82) is 0 Å². The van der Waals surface area contributed by atoms with Crippen molar-refractivity contribution in [3.8, 4) is 27.9 Å². The maximum atomic E-state index is 2.52. The quantitative estimate of drug-likeness (QED) is 0.156. The summed E-state index contributed by atoms with van der Waals surface area (Å²) in [5.41, 5.74) is 16.2. The van der Waals surface area contributed by atoms with Gasteiger partial charge in [-0.05, 0) is 98.2 Å². The lowest BCUT2D eigenvalue weighted by Crippen LogP contribution is -2.28. The van der Waals surface area contributed by atoms with Gasteiger partial charge in [0.25, 0.3) is 0 Å². The number of fused-ring (bicyclic) bond motifs is 7. The highest BCUT2D eigenvalue weighted by atomic mass is 15.2. The first-order valence-electron chi connectivity index (χ1n) is 21.1. The van der Waals surface area contributed by atoms with E-state index in [0.29, 0.717) is 0 Å². The Morgan fingerprint density at radius 2 is 0.951 bits per heavy atom. The topological polar surface area (TPSA) is 8.17 Å². The summed E-state index contributed by atoms with van der Waals surface area (Å²) in [6, 6.07) is 89.2. The predicted octanol–water partition coefficient (Wildman–Crippen LogP) is 15.4. The van der Waals surface area contributed by atoms with Gasteiger partial charge in [-0.25, -0.2) is 0 Å². The monoisotopic (exact) mass is 776 g/mol. The Morgan fingerprint density at radius 3 is 1.74 bits per heavy atom. The van der Waals surface area contributed by atoms with Crippen molar-refractivity contribution < 1.29 is 0 Å². The lowest BCUT2D eigenvalue weighted by molar-refractivity contribution is 0.768. The van der Waals surface area contributed by atoms with Crippen molar-refractivity contribution in [2.75, 3.05) is 4.90 Å². The van der Waals surface area contributed by atoms with Crippen molar-refractivity contribution in [1.82, 2.24) is 4.57 Å². The van der Waals surface area contributed by atoms with Gasteiger partial charge in [0.15, 0.2) is 0 Å². The molecule has 0 bridgehead atoms. The molecule has 0 saturated carbocycles. The van der Waals surface area contributed by atoms with Gasteiger partial charge >= 0.3 is 0 Å². The molecule has 0 atom stereocenters. The lowest BCUT2D eigenvalue weighted by atomic mass is 9.67. The summed E-state index contributed by atoms with van der Waals surface area (Å²) in [4.78, 5) is 2.52. The van der Waals surface area contributed by atoms with Crippen molar-refractivity contribution in [2.45, 2.75) is 5.41 Å². The first-order valence-corrected chi connectivity index (χ1v) is 21.1. The molecule has 0 radical (unpaired) electrons. The van der Waals surface area contributed by atoms with Gasteiger partial charge in [0, 0.05) is 27.7 Å². The second-order valence-corrected chi connectivity index (χ2v) is 16.0. The fourth-order valence-electron chi connectivity index (χ4n) is 10.3. The molecule has 11 aromatic rings. The molecule has 0 saturated heterocycles. The molecule has 10 aromatic carbocycles. The van der Waals surface area contributed by atoms with Gasteiger partial charge in [0.1, 0.15) is 0 Å². The van der Waals surface area contributed by atoms with Crippen LogP contribution in [0.5, 0.6) is 0 Å². The fraction of sp³-hybridized carbons (Fsp3) is 0.0169. The largest absolute Gasteiger partial charge is 0.309 e. The highest BCUT2D eigenvalue weighted by molar-refractivity contribution is 6.17. The van der Waals surface area contributed by atoms with E-state index in [9.17, 15) is 0 Å². The molecule has 2 heteroatoms. The Balaban J connectivity index is 1.18. The van der Waals surface area contributed by atoms with Gasteiger partial charge in [-0.1, -0.05) is 194 Å². The second kappa shape index (κ2) is 14.1. The van der Waals surface area contributed by atoms with E-state index in [1.807, 2.05) is 0 Å². The van der Waals surface area contributed by atoms with E-state index in [1.165, 1.54) is 71.6 Å². The number of aromatic nitrogens is 1. The number of rotatable bonds is 7. The van der Waals surface area contributed by atoms with Crippen LogP contribution in [0.2, 0.25) is 0 Å². The first-order chi connectivity index (χ1) is 30.3. The Labute approximate surface area is 355 Å². The molecule has 2 nitrogen and oxygen atoms in total. The van der Waals surface area contributed by atoms with Crippen LogP contribution in [-0.2, 0) is 5.41 Å². The summed E-state index contributed by atoms with van der Waals surface area (Å²) in [6.07, 6.45) is 0. The predicted molar refractivity (Wildman–Crippen MR) is 256 cm³/mol. The maximum absolute atomic E-state index is 2.52. The fourth-order valence-corrected chi connectivity index (χ4v) is 10.3. The highest BCUT2D eigenvalue weighted by Gasteiger charge is 2.46. The van der Waals surface area contributed by atoms with Gasteiger partial charge in [0.05, 0.1) is 27.8 Å². The van der Waals surface area contributed by atoms with E-state index in [-0.39, 0.29) is 0 Å². The molecular weight excluding hydrogens is 737 g/mol. The smallest absolute Gasteiger partial charge is 0.0714 e. The molecule has 0 unspecified atom stereocenters. The summed E-state index contributed by atoms with van der Waals surface area (Å²) in [5, 5.41) is 4.87. The molecule has 0 fully saturated rings. The highest BCUT2D eigenvalue weighted by Crippen LogP contribution is 2.58. The molecule has 0 N–H and O–H groups in total. The zero-order valence-electron chi connectivity index (χ0n) is 33.5. The van der Waals surface area contributed by atoms with Crippen molar-refractivity contribution in [2.24, 2.45) is 0 Å². The number of hydrogen-bond donors (Lipinski definition) is 0. The van der Waals surface area contributed by atoms with Crippen molar-refractivity contribution >= 4 is 49.6 Å². The van der Waals surface area contributed by atoms with Gasteiger partial charge in [0.2, 0.25) is 0 Å². The van der Waals surface area contributed by atoms with E-state index >= 15 is 0 Å². The third-order valence-electron chi connectivity index (χ3n) is 12.8. The number of anilines is 3. The van der Waals surface area contributed by atoms with Crippen molar-refractivity contribution in [3.63, 3.8) is 0 Å². The van der Waals surface area contributed by atoms with Crippen LogP contribution < -0.4 is 4.90 Å². The Bertz CT molecular complexity index is 3380. The number of benzene rings is 10. The van der Waals surface area contributed by atoms with Gasteiger partial charge < -0.3 is 9.47 Å². The minimum Gasteiger partial charge on any atom is -0.309 e. The Kier molecular flexibility index (Phi) is 8.11. The zero-order chi connectivity index (χ0) is 40.3. The minimum absolute atomic E-state index is 0.535. The van der Waals surface area contributed by atoms with Crippen LogP contribution in [0.4, 0.5) is 17.1 Å². The van der Waals surface area contributed by atoms with Gasteiger partial charge in [-0.15, -0.1) is 0 Å². The summed E-state index contributed by atoms with van der Waals surface area (Å²) in [5.74, 6) is 0. The Morgan fingerprint density at radius 1 is 0.361 bits per heavy atom. The SMILES string of the molecule is c1ccc(-c2ccccc2N(c2ccc3c(c2)C(c2ccccc2)(c2ccccc2)c2ccccc2-3)c2cccc3c2c2ccccc2n3-c2ccc3ccccc3c2)cc1. The second-order valence-electron chi connectivity index (χ2n) is 16.0. The number of nitrogens with zero attached hydrogens (tertiary/aromatic N) is 2. The summed E-state index contributed by atoms with van der Waals surface area (Å²) in [6.45, 7) is 0. The minimum atomic E-state index is -0.535. The molecule has 61 heavy (non-hydrogen) atoms. The average molecular weight is 777 g/mol. The summed E-state index contributed by atoms with van der Waals surface area (Å²) >= 11 is 0. The van der Waals surface area contributed by atoms with E-state index in [1.54, 1.807) is 0 Å². The first kappa shape index (κ1) is 35.0. The zero-order valence-corrected chi connectivity index (χ0v) is 33.5. The normalized spacial score (nSPS) is 12.7. The number of para-hydroxylation sites is 2. The van der Waals surface area contributed by atoms with Crippen LogP contribution in [0.3, 0.4) is 0 Å². The van der Waals surface area contributed by atoms with E-state index < -0.39 is 5.41 Å². The van der Waals surface area contributed by atoms with E-state index in [2.05, 4.69) is 252 Å².